The van der Waals surface area contributed by atoms with Crippen LogP contribution in [-0.4, -0.2) is 47.1 Å². The van der Waals surface area contributed by atoms with Crippen molar-refractivity contribution in [1.82, 2.24) is 15.5 Å². The van der Waals surface area contributed by atoms with Crippen LogP contribution in [0.2, 0.25) is 10.0 Å². The Bertz CT molecular complexity index is 1300. The first-order valence-electron chi connectivity index (χ1n) is 11.2. The van der Waals surface area contributed by atoms with E-state index in [9.17, 15) is 14.4 Å². The summed E-state index contributed by atoms with van der Waals surface area (Å²) in [6, 6.07) is 12.2. The van der Waals surface area contributed by atoms with E-state index in [4.69, 9.17) is 23.2 Å². The second-order valence-corrected chi connectivity index (χ2v) is 8.97. The second-order valence-electron chi connectivity index (χ2n) is 8.15. The fourth-order valence-electron chi connectivity index (χ4n) is 3.94. The number of benzene rings is 2. The summed E-state index contributed by atoms with van der Waals surface area (Å²) in [5.74, 6) is -1.14. The summed E-state index contributed by atoms with van der Waals surface area (Å²) >= 11 is 12.2. The van der Waals surface area contributed by atoms with Crippen LogP contribution in [0.3, 0.4) is 0 Å². The number of nitrogens with one attached hydrogen (secondary N) is 4. The standard InChI is InChI=1S/C25H24Cl2N6O3/c1-2-5-21(34)29-15-6-3-7-17(12-15)33-11-10-16(14-33)30-25(36)23-20(13-28-32-23)31-24(35)22-18(26)8-4-9-19(22)27/h2-9,12-13,16H,10-11,14H2,1H3,(H,28,32)(H,29,34)(H,30,36)(H,31,35). The van der Waals surface area contributed by atoms with Crippen LogP contribution >= 0.6 is 23.2 Å². The molecule has 4 N–H and O–H groups in total. The second kappa shape index (κ2) is 11.3. The third-order valence-electron chi connectivity index (χ3n) is 5.62. The van der Waals surface area contributed by atoms with Crippen molar-refractivity contribution >= 4 is 58.0 Å². The molecule has 0 saturated carbocycles. The van der Waals surface area contributed by atoms with Crippen molar-refractivity contribution in [3.05, 3.63) is 82.1 Å². The predicted octanol–water partition coefficient (Wildman–Crippen LogP) is 4.49. The number of aromatic nitrogens is 2. The molecule has 1 saturated heterocycles. The van der Waals surface area contributed by atoms with Gasteiger partial charge >= 0.3 is 0 Å². The molecule has 1 aliphatic heterocycles. The molecule has 1 atom stereocenters. The summed E-state index contributed by atoms with van der Waals surface area (Å²) in [5.41, 5.74) is 2.09. The maximum atomic E-state index is 13.0. The fourth-order valence-corrected chi connectivity index (χ4v) is 4.51. The van der Waals surface area contributed by atoms with Gasteiger partial charge in [-0.3, -0.25) is 19.5 Å². The fraction of sp³-hybridized carbons (Fsp3) is 0.200. The SMILES string of the molecule is CC=CC(=O)Nc1cccc(N2CCC(NC(=O)c3[nH]ncc3NC(=O)c3c(Cl)cccc3Cl)C2)c1. The zero-order chi connectivity index (χ0) is 25.7. The van der Waals surface area contributed by atoms with Gasteiger partial charge in [-0.25, -0.2) is 0 Å². The Hall–Kier alpha value is -3.82. The van der Waals surface area contributed by atoms with Crippen LogP contribution < -0.4 is 20.9 Å². The number of H-pyrrole nitrogens is 1. The Labute approximate surface area is 217 Å². The summed E-state index contributed by atoms with van der Waals surface area (Å²) in [7, 11) is 0. The molecule has 0 radical (unpaired) electrons. The summed E-state index contributed by atoms with van der Waals surface area (Å²) in [6.45, 7) is 3.10. The maximum Gasteiger partial charge on any atom is 0.271 e. The third kappa shape index (κ3) is 5.87. The molecule has 2 heterocycles. The van der Waals surface area contributed by atoms with Gasteiger partial charge in [0.1, 0.15) is 5.69 Å². The van der Waals surface area contributed by atoms with Gasteiger partial charge in [-0.1, -0.05) is 41.4 Å². The van der Waals surface area contributed by atoms with Crippen molar-refractivity contribution in [3.8, 4) is 0 Å². The van der Waals surface area contributed by atoms with Crippen molar-refractivity contribution in [2.45, 2.75) is 19.4 Å². The monoisotopic (exact) mass is 526 g/mol. The molecule has 1 aromatic heterocycles. The number of allylic oxidation sites excluding steroid dienone is 1. The average Bonchev–Trinajstić information content (AvgIpc) is 3.49. The van der Waals surface area contributed by atoms with Crippen molar-refractivity contribution in [2.75, 3.05) is 28.6 Å². The first-order chi connectivity index (χ1) is 17.4. The molecule has 0 bridgehead atoms. The molecule has 36 heavy (non-hydrogen) atoms. The first-order valence-corrected chi connectivity index (χ1v) is 12.0. The van der Waals surface area contributed by atoms with Gasteiger partial charge in [0, 0.05) is 30.5 Å². The van der Waals surface area contributed by atoms with Crippen LogP contribution in [-0.2, 0) is 4.79 Å². The molecule has 3 aromatic rings. The van der Waals surface area contributed by atoms with Crippen LogP contribution in [0.15, 0.2) is 60.8 Å². The third-order valence-corrected chi connectivity index (χ3v) is 6.25. The van der Waals surface area contributed by atoms with E-state index in [1.54, 1.807) is 31.2 Å². The van der Waals surface area contributed by atoms with Gasteiger partial charge in [0.05, 0.1) is 27.5 Å². The highest BCUT2D eigenvalue weighted by atomic mass is 35.5. The van der Waals surface area contributed by atoms with Gasteiger partial charge < -0.3 is 20.9 Å². The maximum absolute atomic E-state index is 13.0. The Balaban J connectivity index is 1.38. The minimum absolute atomic E-state index is 0.115. The minimum Gasteiger partial charge on any atom is -0.369 e. The molecule has 9 nitrogen and oxygen atoms in total. The number of amides is 3. The molecule has 1 aliphatic rings. The van der Waals surface area contributed by atoms with Crippen molar-refractivity contribution in [1.29, 1.82) is 0 Å². The van der Waals surface area contributed by atoms with Gasteiger partial charge in [0.25, 0.3) is 11.8 Å². The first kappa shape index (κ1) is 25.3. The molecule has 11 heteroatoms. The number of aromatic amines is 1. The Kier molecular flexibility index (Phi) is 7.92. The number of hydrogen-bond acceptors (Lipinski definition) is 5. The van der Waals surface area contributed by atoms with E-state index in [1.165, 1.54) is 12.3 Å². The van der Waals surface area contributed by atoms with E-state index in [2.05, 4.69) is 31.0 Å². The lowest BCUT2D eigenvalue weighted by molar-refractivity contribution is -0.111. The highest BCUT2D eigenvalue weighted by Crippen LogP contribution is 2.26. The highest BCUT2D eigenvalue weighted by molar-refractivity contribution is 6.40. The molecule has 0 spiro atoms. The lowest BCUT2D eigenvalue weighted by Crippen LogP contribution is -2.37. The Morgan fingerprint density at radius 2 is 1.83 bits per heavy atom. The highest BCUT2D eigenvalue weighted by Gasteiger charge is 2.27. The quantitative estimate of drug-likeness (QED) is 0.338. The zero-order valence-electron chi connectivity index (χ0n) is 19.3. The van der Waals surface area contributed by atoms with Crippen LogP contribution in [0.5, 0.6) is 0 Å². The van der Waals surface area contributed by atoms with Gasteiger partial charge in [0.2, 0.25) is 5.91 Å². The largest absolute Gasteiger partial charge is 0.369 e. The molecular weight excluding hydrogens is 503 g/mol. The van der Waals surface area contributed by atoms with Crippen LogP contribution in [0.25, 0.3) is 0 Å². The summed E-state index contributed by atoms with van der Waals surface area (Å²) in [6.07, 6.45) is 5.22. The van der Waals surface area contributed by atoms with E-state index in [-0.39, 0.29) is 38.9 Å². The molecule has 3 amide bonds. The topological polar surface area (TPSA) is 119 Å². The number of rotatable bonds is 7. The Morgan fingerprint density at radius 1 is 1.08 bits per heavy atom. The zero-order valence-corrected chi connectivity index (χ0v) is 20.9. The molecular formula is C25H24Cl2N6O3. The number of nitrogens with zero attached hydrogens (tertiary/aromatic N) is 2. The minimum atomic E-state index is -0.547. The van der Waals surface area contributed by atoms with Gasteiger partial charge in [-0.2, -0.15) is 5.10 Å². The molecule has 2 aromatic carbocycles. The van der Waals surface area contributed by atoms with E-state index in [0.29, 0.717) is 12.2 Å². The van der Waals surface area contributed by atoms with E-state index in [1.807, 2.05) is 24.3 Å². The average molecular weight is 527 g/mol. The molecule has 0 aliphatic carbocycles. The molecule has 4 rings (SSSR count). The smallest absolute Gasteiger partial charge is 0.271 e. The van der Waals surface area contributed by atoms with Gasteiger partial charge in [-0.05, 0) is 49.8 Å². The van der Waals surface area contributed by atoms with Crippen LogP contribution in [0.4, 0.5) is 17.1 Å². The van der Waals surface area contributed by atoms with Crippen LogP contribution in [0, 0.1) is 0 Å². The van der Waals surface area contributed by atoms with Gasteiger partial charge in [-0.15, -0.1) is 0 Å². The molecule has 186 valence electrons. The van der Waals surface area contributed by atoms with Crippen molar-refractivity contribution < 1.29 is 14.4 Å². The van der Waals surface area contributed by atoms with E-state index >= 15 is 0 Å². The summed E-state index contributed by atoms with van der Waals surface area (Å²) < 4.78 is 0. The number of carbonyl (C=O) groups excluding carboxylic acids is 3. The Morgan fingerprint density at radius 3 is 2.58 bits per heavy atom. The number of halogens is 2. The molecule has 1 unspecified atom stereocenters. The van der Waals surface area contributed by atoms with Crippen LogP contribution in [0.1, 0.15) is 34.2 Å². The van der Waals surface area contributed by atoms with Crippen molar-refractivity contribution in [2.24, 2.45) is 0 Å². The summed E-state index contributed by atoms with van der Waals surface area (Å²) in [4.78, 5) is 39.6. The predicted molar refractivity (Wildman–Crippen MR) is 141 cm³/mol. The molecule has 1 fully saturated rings. The normalized spacial score (nSPS) is 15.2. The summed E-state index contributed by atoms with van der Waals surface area (Å²) in [5, 5.41) is 15.4. The number of anilines is 3. The lowest BCUT2D eigenvalue weighted by Gasteiger charge is -2.20. The van der Waals surface area contributed by atoms with E-state index in [0.717, 1.165) is 18.7 Å². The lowest BCUT2D eigenvalue weighted by atomic mass is 10.2. The van der Waals surface area contributed by atoms with Crippen molar-refractivity contribution in [3.63, 3.8) is 0 Å². The van der Waals surface area contributed by atoms with Gasteiger partial charge in [0.15, 0.2) is 0 Å². The number of carbonyl (C=O) groups is 3. The van der Waals surface area contributed by atoms with E-state index < -0.39 is 11.8 Å². The number of hydrogen-bond donors (Lipinski definition) is 4.